The first-order chi connectivity index (χ1) is 16.8. The number of aromatic nitrogens is 8. The van der Waals surface area contributed by atoms with Gasteiger partial charge in [0.15, 0.2) is 11.6 Å². The van der Waals surface area contributed by atoms with Gasteiger partial charge in [-0.05, 0) is 54.6 Å². The maximum atomic E-state index is 4.79. The van der Waals surface area contributed by atoms with Gasteiger partial charge < -0.3 is 9.97 Å². The summed E-state index contributed by atoms with van der Waals surface area (Å²) in [6.07, 6.45) is 10.5. The van der Waals surface area contributed by atoms with Crippen LogP contribution in [0.1, 0.15) is 11.6 Å². The quantitative estimate of drug-likeness (QED) is 0.365. The first-order valence-electron chi connectivity index (χ1n) is 10.7. The monoisotopic (exact) mass is 442 g/mol. The molecule has 0 aliphatic rings. The number of imidazole rings is 2. The van der Waals surface area contributed by atoms with Gasteiger partial charge >= 0.3 is 0 Å². The van der Waals surface area contributed by atoms with E-state index in [2.05, 4.69) is 36.5 Å². The van der Waals surface area contributed by atoms with Gasteiger partial charge in [-0.1, -0.05) is 12.7 Å². The van der Waals surface area contributed by atoms with Crippen LogP contribution >= 0.6 is 0 Å². The number of H-pyrrole nitrogens is 2. The van der Waals surface area contributed by atoms with Gasteiger partial charge in [0.25, 0.3) is 0 Å². The summed E-state index contributed by atoms with van der Waals surface area (Å²) in [5, 5.41) is 0. The van der Waals surface area contributed by atoms with Crippen molar-refractivity contribution in [2.75, 3.05) is 0 Å². The van der Waals surface area contributed by atoms with Crippen molar-refractivity contribution >= 4 is 27.6 Å². The van der Waals surface area contributed by atoms with Crippen molar-refractivity contribution in [2.45, 2.75) is 0 Å². The van der Waals surface area contributed by atoms with E-state index >= 15 is 0 Å². The van der Waals surface area contributed by atoms with Crippen molar-refractivity contribution < 1.29 is 0 Å². The van der Waals surface area contributed by atoms with Crippen LogP contribution in [-0.2, 0) is 0 Å². The Labute approximate surface area is 194 Å². The first kappa shape index (κ1) is 19.7. The number of hydrogen-bond donors (Lipinski definition) is 2. The van der Waals surface area contributed by atoms with Gasteiger partial charge in [0.2, 0.25) is 0 Å². The zero-order chi connectivity index (χ0) is 22.9. The Morgan fingerprint density at radius 2 is 1.15 bits per heavy atom. The number of nitrogens with zero attached hydrogens (tertiary/aromatic N) is 6. The number of benzene rings is 2. The zero-order valence-electron chi connectivity index (χ0n) is 18.0. The third kappa shape index (κ3) is 3.53. The molecule has 0 amide bonds. The summed E-state index contributed by atoms with van der Waals surface area (Å²) in [6.45, 7) is 3.87. The molecule has 8 heteroatoms. The van der Waals surface area contributed by atoms with Crippen molar-refractivity contribution in [3.05, 3.63) is 104 Å². The molecule has 0 spiro atoms. The molecular formula is C26H18N8. The Morgan fingerprint density at radius 3 is 1.59 bits per heavy atom. The number of hydrogen-bond acceptors (Lipinski definition) is 6. The second kappa shape index (κ2) is 8.18. The molecule has 4 heterocycles. The summed E-state index contributed by atoms with van der Waals surface area (Å²) in [5.41, 5.74) is 6.07. The zero-order valence-corrected chi connectivity index (χ0v) is 18.0. The van der Waals surface area contributed by atoms with Gasteiger partial charge in [0.1, 0.15) is 11.6 Å². The Kier molecular flexibility index (Phi) is 4.73. The lowest BCUT2D eigenvalue weighted by atomic mass is 10.2. The Bertz CT molecular complexity index is 1540. The minimum Gasteiger partial charge on any atom is -0.338 e. The van der Waals surface area contributed by atoms with Crippen LogP contribution in [0.15, 0.2) is 92.0 Å². The molecule has 0 saturated carbocycles. The lowest BCUT2D eigenvalue weighted by Gasteiger charge is -1.99. The highest BCUT2D eigenvalue weighted by Crippen LogP contribution is 2.27. The molecule has 0 fully saturated rings. The number of allylic oxidation sites excluding steroid dienone is 2. The molecule has 0 radical (unpaired) electrons. The largest absolute Gasteiger partial charge is 0.338 e. The second-order valence-corrected chi connectivity index (χ2v) is 7.60. The predicted molar refractivity (Wildman–Crippen MR) is 132 cm³/mol. The highest BCUT2D eigenvalue weighted by Gasteiger charge is 2.15. The lowest BCUT2D eigenvalue weighted by Crippen LogP contribution is -1.92. The van der Waals surface area contributed by atoms with Crippen LogP contribution in [0.25, 0.3) is 50.4 Å². The second-order valence-electron chi connectivity index (χ2n) is 7.60. The molecule has 2 N–H and O–H groups in total. The molecule has 2 aromatic carbocycles. The van der Waals surface area contributed by atoms with Gasteiger partial charge in [-0.25, -0.2) is 29.9 Å². The topological polar surface area (TPSA) is 109 Å². The molecule has 162 valence electrons. The molecule has 4 aromatic heterocycles. The summed E-state index contributed by atoms with van der Waals surface area (Å²) in [5.74, 6) is 2.70. The lowest BCUT2D eigenvalue weighted by molar-refractivity contribution is 1.18. The van der Waals surface area contributed by atoms with Crippen LogP contribution in [0, 0.1) is 0 Å². The number of fused-ring (bicyclic) bond motifs is 2. The summed E-state index contributed by atoms with van der Waals surface area (Å²) < 4.78 is 0. The van der Waals surface area contributed by atoms with Crippen molar-refractivity contribution in [3.8, 4) is 22.8 Å². The molecule has 0 unspecified atom stereocenters. The average molecular weight is 442 g/mol. The molecule has 8 nitrogen and oxygen atoms in total. The maximum absolute atomic E-state index is 4.79. The van der Waals surface area contributed by atoms with E-state index in [0.29, 0.717) is 23.3 Å². The van der Waals surface area contributed by atoms with Crippen LogP contribution in [0.4, 0.5) is 0 Å². The van der Waals surface area contributed by atoms with E-state index in [1.54, 1.807) is 43.0 Å². The fourth-order valence-corrected chi connectivity index (χ4v) is 3.84. The van der Waals surface area contributed by atoms with Crippen LogP contribution in [-0.4, -0.2) is 39.9 Å². The number of rotatable bonds is 5. The SMILES string of the molecule is C=CC=C(c1nc2ccc(-c3ncccn3)cc2[nH]1)c1nc2ccc(-c3ncccn3)cc2[nH]1. The van der Waals surface area contributed by atoms with E-state index in [0.717, 1.165) is 38.8 Å². The van der Waals surface area contributed by atoms with E-state index < -0.39 is 0 Å². The molecule has 34 heavy (non-hydrogen) atoms. The predicted octanol–water partition coefficient (Wildman–Crippen LogP) is 4.97. The Morgan fingerprint density at radius 1 is 0.676 bits per heavy atom. The smallest absolute Gasteiger partial charge is 0.159 e. The van der Waals surface area contributed by atoms with Gasteiger partial charge in [-0.3, -0.25) is 0 Å². The summed E-state index contributed by atoms with van der Waals surface area (Å²) in [6, 6.07) is 15.4. The summed E-state index contributed by atoms with van der Waals surface area (Å²) >= 11 is 0. The molecule has 0 aliphatic heterocycles. The van der Waals surface area contributed by atoms with Crippen molar-refractivity contribution in [3.63, 3.8) is 0 Å². The van der Waals surface area contributed by atoms with E-state index in [-0.39, 0.29) is 0 Å². The molecule has 0 atom stereocenters. The highest BCUT2D eigenvalue weighted by atomic mass is 15.0. The maximum Gasteiger partial charge on any atom is 0.159 e. The van der Waals surface area contributed by atoms with Crippen molar-refractivity contribution in [2.24, 2.45) is 0 Å². The van der Waals surface area contributed by atoms with Gasteiger partial charge in [-0.2, -0.15) is 0 Å². The van der Waals surface area contributed by atoms with Crippen LogP contribution in [0.2, 0.25) is 0 Å². The van der Waals surface area contributed by atoms with E-state index in [1.807, 2.05) is 42.5 Å². The van der Waals surface area contributed by atoms with Crippen molar-refractivity contribution in [1.29, 1.82) is 0 Å². The molecule has 0 saturated heterocycles. The van der Waals surface area contributed by atoms with Crippen LogP contribution in [0.5, 0.6) is 0 Å². The highest BCUT2D eigenvalue weighted by molar-refractivity contribution is 5.88. The van der Waals surface area contributed by atoms with E-state index in [1.165, 1.54) is 0 Å². The first-order valence-corrected chi connectivity index (χ1v) is 10.7. The third-order valence-electron chi connectivity index (χ3n) is 5.41. The Hall–Kier alpha value is -4.98. The molecule has 0 aliphatic carbocycles. The van der Waals surface area contributed by atoms with Crippen LogP contribution in [0.3, 0.4) is 0 Å². The minimum atomic E-state index is 0.665. The fourth-order valence-electron chi connectivity index (χ4n) is 3.84. The Balaban J connectivity index is 1.41. The molecule has 6 rings (SSSR count). The van der Waals surface area contributed by atoms with E-state index in [4.69, 9.17) is 9.97 Å². The van der Waals surface area contributed by atoms with Gasteiger partial charge in [0, 0.05) is 35.9 Å². The molecular weight excluding hydrogens is 424 g/mol. The van der Waals surface area contributed by atoms with Crippen LogP contribution < -0.4 is 0 Å². The standard InChI is InChI=1S/C26H18N8/c1-2-5-18(25-31-19-8-6-16(14-21(19)33-25)23-27-10-3-11-28-23)26-32-20-9-7-17(15-22(20)34-26)24-29-12-4-13-30-24/h2-15H,1H2,(H,31,33)(H,32,34). The molecule has 6 aromatic rings. The minimum absolute atomic E-state index is 0.665. The van der Waals surface area contributed by atoms with Gasteiger partial charge in [-0.15, -0.1) is 0 Å². The number of aromatic amines is 2. The molecule has 0 bridgehead atoms. The fraction of sp³-hybridized carbons (Fsp3) is 0. The summed E-state index contributed by atoms with van der Waals surface area (Å²) in [4.78, 5) is 33.7. The number of nitrogens with one attached hydrogen (secondary N) is 2. The summed E-state index contributed by atoms with van der Waals surface area (Å²) in [7, 11) is 0. The van der Waals surface area contributed by atoms with Crippen molar-refractivity contribution in [1.82, 2.24) is 39.9 Å². The normalized spacial score (nSPS) is 11.1. The average Bonchev–Trinajstić information content (AvgIpc) is 3.51. The van der Waals surface area contributed by atoms with Gasteiger partial charge in [0.05, 0.1) is 27.6 Å². The van der Waals surface area contributed by atoms with E-state index in [9.17, 15) is 0 Å². The third-order valence-corrected chi connectivity index (χ3v) is 5.41.